The normalized spacial score (nSPS) is 12.9. The Labute approximate surface area is 258 Å². The Morgan fingerprint density at radius 3 is 2.42 bits per heavy atom. The fraction of sp³-hybridized carbons (Fsp3) is 0.400. The van der Waals surface area contributed by atoms with E-state index in [-0.39, 0.29) is 5.56 Å². The van der Waals surface area contributed by atoms with E-state index in [1.165, 1.54) is 27.2 Å². The SMILES string of the molecule is CCCN(CCC)Cc1cc(C(=O)Nc2ccc3c(c2)N(Cc2ccc(C)c(SC=C(C)C)c2)CC3)cc(C(F)(F)F)c1. The molecule has 0 aromatic heterocycles. The highest BCUT2D eigenvalue weighted by atomic mass is 32.2. The van der Waals surface area contributed by atoms with Gasteiger partial charge in [0.05, 0.1) is 5.56 Å². The number of carbonyl (C=O) groups excluding carboxylic acids is 1. The number of aryl methyl sites for hydroxylation is 1. The van der Waals surface area contributed by atoms with Crippen LogP contribution in [0, 0.1) is 6.92 Å². The number of alkyl halides is 3. The van der Waals surface area contributed by atoms with Crippen LogP contribution in [0.25, 0.3) is 0 Å². The summed E-state index contributed by atoms with van der Waals surface area (Å²) in [6.07, 6.45) is -1.83. The van der Waals surface area contributed by atoms with E-state index in [9.17, 15) is 18.0 Å². The molecule has 0 saturated carbocycles. The molecule has 0 fully saturated rings. The molecule has 230 valence electrons. The molecule has 1 N–H and O–H groups in total. The first-order valence-corrected chi connectivity index (χ1v) is 15.9. The zero-order valence-corrected chi connectivity index (χ0v) is 26.6. The van der Waals surface area contributed by atoms with Gasteiger partial charge in [-0.2, -0.15) is 13.2 Å². The second-order valence-corrected chi connectivity index (χ2v) is 12.5. The van der Waals surface area contributed by atoms with Gasteiger partial charge in [0.2, 0.25) is 0 Å². The number of halogens is 3. The molecule has 3 aromatic carbocycles. The lowest BCUT2D eigenvalue weighted by atomic mass is 10.0. The van der Waals surface area contributed by atoms with E-state index in [1.54, 1.807) is 17.8 Å². The van der Waals surface area contributed by atoms with Crippen LogP contribution in [-0.4, -0.2) is 30.4 Å². The third-order valence-electron chi connectivity index (χ3n) is 7.45. The fourth-order valence-corrected chi connectivity index (χ4v) is 6.24. The highest BCUT2D eigenvalue weighted by Crippen LogP contribution is 2.34. The van der Waals surface area contributed by atoms with Crippen LogP contribution in [0.1, 0.15) is 78.7 Å². The van der Waals surface area contributed by atoms with Crippen molar-refractivity contribution < 1.29 is 18.0 Å². The summed E-state index contributed by atoms with van der Waals surface area (Å²) in [5.74, 6) is -0.547. The van der Waals surface area contributed by atoms with Crippen molar-refractivity contribution in [2.75, 3.05) is 29.9 Å². The lowest BCUT2D eigenvalue weighted by molar-refractivity contribution is -0.137. The summed E-state index contributed by atoms with van der Waals surface area (Å²) in [5.41, 5.74) is 6.19. The van der Waals surface area contributed by atoms with E-state index < -0.39 is 17.6 Å². The van der Waals surface area contributed by atoms with Gasteiger partial charge in [-0.3, -0.25) is 9.69 Å². The summed E-state index contributed by atoms with van der Waals surface area (Å²) >= 11 is 1.73. The standard InChI is InChI=1S/C35H42F3N3OS/c1-6-13-40(14-7-2)21-27-16-29(19-30(17-27)35(36,37)38)34(42)39-31-11-10-28-12-15-41(32(28)20-31)22-26-9-8-25(5)33(18-26)43-23-24(3)4/h8-11,16-20,23H,6-7,12-15,21-22H2,1-5H3,(H,39,42). The van der Waals surface area contributed by atoms with Crippen LogP contribution in [0.2, 0.25) is 0 Å². The molecule has 0 saturated heterocycles. The number of rotatable bonds is 12. The molecule has 0 spiro atoms. The average Bonchev–Trinajstić information content (AvgIpc) is 3.34. The number of hydrogen-bond acceptors (Lipinski definition) is 4. The van der Waals surface area contributed by atoms with Gasteiger partial charge in [0.1, 0.15) is 0 Å². The van der Waals surface area contributed by atoms with E-state index >= 15 is 0 Å². The van der Waals surface area contributed by atoms with Gasteiger partial charge >= 0.3 is 6.18 Å². The molecule has 0 radical (unpaired) electrons. The van der Waals surface area contributed by atoms with Crippen molar-refractivity contribution in [3.8, 4) is 0 Å². The Kier molecular flexibility index (Phi) is 11.0. The second-order valence-electron chi connectivity index (χ2n) is 11.6. The third-order valence-corrected chi connectivity index (χ3v) is 8.73. The Hall–Kier alpha value is -3.23. The van der Waals surface area contributed by atoms with Gasteiger partial charge in [-0.1, -0.05) is 49.4 Å². The van der Waals surface area contributed by atoms with Crippen LogP contribution in [0.4, 0.5) is 24.5 Å². The zero-order valence-electron chi connectivity index (χ0n) is 25.8. The summed E-state index contributed by atoms with van der Waals surface area (Å²) in [5, 5.41) is 5.03. The van der Waals surface area contributed by atoms with Gasteiger partial charge in [0.15, 0.2) is 0 Å². The number of thioether (sulfide) groups is 1. The number of hydrogen-bond donors (Lipinski definition) is 1. The molecular formula is C35H42F3N3OS. The molecule has 1 aliphatic rings. The molecule has 0 atom stereocenters. The minimum atomic E-state index is -4.54. The van der Waals surface area contributed by atoms with E-state index in [1.807, 2.05) is 18.2 Å². The number of nitrogens with zero attached hydrogens (tertiary/aromatic N) is 2. The molecule has 0 unspecified atom stereocenters. The second kappa shape index (κ2) is 14.5. The number of allylic oxidation sites excluding steroid dienone is 1. The predicted octanol–water partition coefficient (Wildman–Crippen LogP) is 9.47. The Balaban J connectivity index is 1.54. The molecule has 1 amide bonds. The Bertz CT molecular complexity index is 1460. The van der Waals surface area contributed by atoms with Crippen LogP contribution in [0.5, 0.6) is 0 Å². The minimum absolute atomic E-state index is 0.0103. The van der Waals surface area contributed by atoms with Crippen molar-refractivity contribution in [1.29, 1.82) is 0 Å². The minimum Gasteiger partial charge on any atom is -0.367 e. The zero-order chi connectivity index (χ0) is 31.1. The van der Waals surface area contributed by atoms with Crippen LogP contribution < -0.4 is 10.2 Å². The predicted molar refractivity (Wildman–Crippen MR) is 173 cm³/mol. The Morgan fingerprint density at radius 1 is 1.00 bits per heavy atom. The van der Waals surface area contributed by atoms with Crippen LogP contribution in [0.15, 0.2) is 70.5 Å². The summed E-state index contributed by atoms with van der Waals surface area (Å²) < 4.78 is 41.4. The van der Waals surface area contributed by atoms with E-state index in [0.29, 0.717) is 17.8 Å². The lowest BCUT2D eigenvalue weighted by Gasteiger charge is -2.22. The highest BCUT2D eigenvalue weighted by Gasteiger charge is 2.32. The van der Waals surface area contributed by atoms with Crippen molar-refractivity contribution in [3.05, 3.63) is 99.0 Å². The fourth-order valence-electron chi connectivity index (χ4n) is 5.40. The number of carbonyl (C=O) groups is 1. The van der Waals surface area contributed by atoms with Gasteiger partial charge in [0.25, 0.3) is 5.91 Å². The molecule has 4 rings (SSSR count). The van der Waals surface area contributed by atoms with Gasteiger partial charge in [-0.05, 0) is 117 Å². The average molecular weight is 610 g/mol. The summed E-state index contributed by atoms with van der Waals surface area (Å²) in [6, 6.07) is 16.0. The quantitative estimate of drug-likeness (QED) is 0.208. The summed E-state index contributed by atoms with van der Waals surface area (Å²) in [7, 11) is 0. The number of fused-ring (bicyclic) bond motifs is 1. The van der Waals surface area contributed by atoms with E-state index in [4.69, 9.17) is 0 Å². The molecule has 1 aliphatic heterocycles. The van der Waals surface area contributed by atoms with Crippen molar-refractivity contribution in [2.24, 2.45) is 0 Å². The molecule has 4 nitrogen and oxygen atoms in total. The topological polar surface area (TPSA) is 35.6 Å². The van der Waals surface area contributed by atoms with Crippen LogP contribution in [0.3, 0.4) is 0 Å². The van der Waals surface area contributed by atoms with Crippen molar-refractivity contribution >= 4 is 29.0 Å². The number of benzene rings is 3. The largest absolute Gasteiger partial charge is 0.416 e. The maximum absolute atomic E-state index is 13.8. The first-order chi connectivity index (χ1) is 20.5. The van der Waals surface area contributed by atoms with Gasteiger partial charge in [0, 0.05) is 41.5 Å². The molecule has 43 heavy (non-hydrogen) atoms. The monoisotopic (exact) mass is 609 g/mol. The molecule has 0 bridgehead atoms. The number of anilines is 2. The van der Waals surface area contributed by atoms with Gasteiger partial charge < -0.3 is 10.2 Å². The molecular weight excluding hydrogens is 567 g/mol. The highest BCUT2D eigenvalue weighted by molar-refractivity contribution is 8.02. The summed E-state index contributed by atoms with van der Waals surface area (Å²) in [4.78, 5) is 19.0. The first-order valence-electron chi connectivity index (χ1n) is 15.0. The summed E-state index contributed by atoms with van der Waals surface area (Å²) in [6.45, 7) is 13.9. The van der Waals surface area contributed by atoms with Crippen molar-refractivity contribution in [1.82, 2.24) is 4.90 Å². The number of nitrogens with one attached hydrogen (secondary N) is 1. The maximum atomic E-state index is 13.8. The van der Waals surface area contributed by atoms with Gasteiger partial charge in [-0.25, -0.2) is 0 Å². The Morgan fingerprint density at radius 2 is 1.74 bits per heavy atom. The van der Waals surface area contributed by atoms with E-state index in [0.717, 1.165) is 63.3 Å². The lowest BCUT2D eigenvalue weighted by Crippen LogP contribution is -2.25. The van der Waals surface area contributed by atoms with Gasteiger partial charge in [-0.15, -0.1) is 0 Å². The van der Waals surface area contributed by atoms with Crippen molar-refractivity contribution in [3.63, 3.8) is 0 Å². The maximum Gasteiger partial charge on any atom is 0.416 e. The first kappa shape index (κ1) is 32.7. The number of amides is 1. The molecule has 0 aliphatic carbocycles. The van der Waals surface area contributed by atoms with Crippen LogP contribution >= 0.6 is 11.8 Å². The van der Waals surface area contributed by atoms with Crippen LogP contribution in [-0.2, 0) is 25.7 Å². The van der Waals surface area contributed by atoms with Crippen molar-refractivity contribution in [2.45, 2.75) is 78.0 Å². The third kappa shape index (κ3) is 8.89. The smallest absolute Gasteiger partial charge is 0.367 e. The molecule has 1 heterocycles. The molecule has 8 heteroatoms. The molecule has 3 aromatic rings. The van der Waals surface area contributed by atoms with E-state index in [2.05, 4.69) is 73.3 Å².